The van der Waals surface area contributed by atoms with Crippen LogP contribution in [0.2, 0.25) is 0 Å². The number of fused-ring (bicyclic) bond motifs is 1. The van der Waals surface area contributed by atoms with Gasteiger partial charge in [-0.2, -0.15) is 0 Å². The Balaban J connectivity index is 2.14. The minimum absolute atomic E-state index is 0.663. The zero-order valence-electron chi connectivity index (χ0n) is 14.2. The van der Waals surface area contributed by atoms with Crippen molar-refractivity contribution in [2.24, 2.45) is 0 Å². The first-order chi connectivity index (χ1) is 11.5. The number of rotatable bonds is 4. The highest BCUT2D eigenvalue weighted by Gasteiger charge is 2.14. The standard InChI is InChI=1S/C18H20N4O2/c1-11-20-15-7-5-12(19)9-14(15)18(21-11)22(2)13-6-8-16(23-3)17(10-13)24-4/h5-10H,19H2,1-4H3. The van der Waals surface area contributed by atoms with Crippen LogP contribution in [0.5, 0.6) is 11.5 Å². The SMILES string of the molecule is COc1ccc(N(C)c2nc(C)nc3ccc(N)cc23)cc1OC. The van der Waals surface area contributed by atoms with Gasteiger partial charge in [-0.1, -0.05) is 0 Å². The number of aromatic nitrogens is 2. The van der Waals surface area contributed by atoms with Crippen molar-refractivity contribution < 1.29 is 9.47 Å². The first kappa shape index (κ1) is 15.9. The van der Waals surface area contributed by atoms with Crippen molar-refractivity contribution >= 4 is 28.1 Å². The molecule has 1 aromatic heterocycles. The second-order valence-electron chi connectivity index (χ2n) is 5.47. The third kappa shape index (κ3) is 2.78. The third-order valence-electron chi connectivity index (χ3n) is 3.88. The van der Waals surface area contributed by atoms with Crippen LogP contribution < -0.4 is 20.1 Å². The Morgan fingerprint density at radius 3 is 2.42 bits per heavy atom. The molecule has 24 heavy (non-hydrogen) atoms. The summed E-state index contributed by atoms with van der Waals surface area (Å²) in [5.41, 5.74) is 8.41. The number of nitrogens with zero attached hydrogens (tertiary/aromatic N) is 3. The smallest absolute Gasteiger partial charge is 0.162 e. The topological polar surface area (TPSA) is 73.5 Å². The van der Waals surface area contributed by atoms with Gasteiger partial charge in [-0.15, -0.1) is 0 Å². The Morgan fingerprint density at radius 1 is 0.958 bits per heavy atom. The molecule has 0 aliphatic rings. The molecule has 2 aromatic carbocycles. The van der Waals surface area contributed by atoms with Crippen molar-refractivity contribution in [3.8, 4) is 11.5 Å². The van der Waals surface area contributed by atoms with Crippen LogP contribution in [0.3, 0.4) is 0 Å². The lowest BCUT2D eigenvalue weighted by Crippen LogP contribution is -2.13. The first-order valence-corrected chi connectivity index (χ1v) is 7.53. The van der Waals surface area contributed by atoms with E-state index in [0.29, 0.717) is 23.0 Å². The number of nitrogens with two attached hydrogens (primary N) is 1. The molecule has 0 spiro atoms. The van der Waals surface area contributed by atoms with E-state index in [-0.39, 0.29) is 0 Å². The van der Waals surface area contributed by atoms with Gasteiger partial charge in [-0.25, -0.2) is 9.97 Å². The van der Waals surface area contributed by atoms with Gasteiger partial charge in [0.25, 0.3) is 0 Å². The summed E-state index contributed by atoms with van der Waals surface area (Å²) < 4.78 is 10.7. The average Bonchev–Trinajstić information content (AvgIpc) is 2.60. The lowest BCUT2D eigenvalue weighted by Gasteiger charge is -2.21. The van der Waals surface area contributed by atoms with Gasteiger partial charge < -0.3 is 20.1 Å². The van der Waals surface area contributed by atoms with Crippen molar-refractivity contribution in [3.63, 3.8) is 0 Å². The first-order valence-electron chi connectivity index (χ1n) is 7.53. The number of hydrogen-bond donors (Lipinski definition) is 1. The minimum atomic E-state index is 0.663. The molecule has 1 heterocycles. The fourth-order valence-electron chi connectivity index (χ4n) is 2.65. The molecule has 6 nitrogen and oxygen atoms in total. The summed E-state index contributed by atoms with van der Waals surface area (Å²) in [5.74, 6) is 2.84. The molecule has 0 saturated heterocycles. The van der Waals surface area contributed by atoms with Gasteiger partial charge in [0.15, 0.2) is 11.5 Å². The number of anilines is 3. The maximum Gasteiger partial charge on any atom is 0.162 e. The van der Waals surface area contributed by atoms with Gasteiger partial charge in [0.05, 0.1) is 19.7 Å². The van der Waals surface area contributed by atoms with Crippen LogP contribution in [0.1, 0.15) is 5.82 Å². The number of methoxy groups -OCH3 is 2. The Bertz CT molecular complexity index is 896. The molecule has 2 N–H and O–H groups in total. The van der Waals surface area contributed by atoms with E-state index in [1.165, 1.54) is 0 Å². The summed E-state index contributed by atoms with van der Waals surface area (Å²) in [6, 6.07) is 11.4. The number of nitrogen functional groups attached to an aromatic ring is 1. The summed E-state index contributed by atoms with van der Waals surface area (Å²) in [5, 5.41) is 0.901. The molecule has 3 rings (SSSR count). The fourth-order valence-corrected chi connectivity index (χ4v) is 2.65. The molecule has 0 fully saturated rings. The van der Waals surface area contributed by atoms with E-state index < -0.39 is 0 Å². The van der Waals surface area contributed by atoms with Crippen molar-refractivity contribution in [2.45, 2.75) is 6.92 Å². The fraction of sp³-hybridized carbons (Fsp3) is 0.222. The number of hydrogen-bond acceptors (Lipinski definition) is 6. The van der Waals surface area contributed by atoms with E-state index in [2.05, 4.69) is 9.97 Å². The maximum atomic E-state index is 5.94. The molecule has 0 saturated carbocycles. The minimum Gasteiger partial charge on any atom is -0.493 e. The van der Waals surface area contributed by atoms with Crippen LogP contribution in [-0.2, 0) is 0 Å². The molecule has 124 valence electrons. The lowest BCUT2D eigenvalue weighted by atomic mass is 10.2. The van der Waals surface area contributed by atoms with Gasteiger partial charge in [-0.05, 0) is 37.3 Å². The lowest BCUT2D eigenvalue weighted by molar-refractivity contribution is 0.355. The van der Waals surface area contributed by atoms with Crippen LogP contribution in [0, 0.1) is 6.92 Å². The molecule has 0 radical (unpaired) electrons. The number of benzene rings is 2. The van der Waals surface area contributed by atoms with Gasteiger partial charge in [0.2, 0.25) is 0 Å². The molecule has 0 aliphatic heterocycles. The van der Waals surface area contributed by atoms with E-state index >= 15 is 0 Å². The second-order valence-corrected chi connectivity index (χ2v) is 5.47. The van der Waals surface area contributed by atoms with Crippen molar-refractivity contribution in [1.82, 2.24) is 9.97 Å². The molecule has 0 bridgehead atoms. The summed E-state index contributed by atoms with van der Waals surface area (Å²) in [6.45, 7) is 1.88. The Labute approximate surface area is 140 Å². The molecular formula is C18H20N4O2. The van der Waals surface area contributed by atoms with Gasteiger partial charge in [0, 0.05) is 29.9 Å². The number of ether oxygens (including phenoxy) is 2. The Kier molecular flexibility index (Phi) is 4.12. The molecule has 3 aromatic rings. The van der Waals surface area contributed by atoms with Gasteiger partial charge >= 0.3 is 0 Å². The molecule has 6 heteroatoms. The zero-order valence-corrected chi connectivity index (χ0v) is 14.2. The zero-order chi connectivity index (χ0) is 17.3. The summed E-state index contributed by atoms with van der Waals surface area (Å²) >= 11 is 0. The summed E-state index contributed by atoms with van der Waals surface area (Å²) in [6.07, 6.45) is 0. The molecule has 0 atom stereocenters. The quantitative estimate of drug-likeness (QED) is 0.742. The Morgan fingerprint density at radius 2 is 1.71 bits per heavy atom. The normalized spacial score (nSPS) is 10.7. The molecule has 0 aliphatic carbocycles. The number of aryl methyl sites for hydroxylation is 1. The predicted molar refractivity (Wildman–Crippen MR) is 96.3 cm³/mol. The highest BCUT2D eigenvalue weighted by atomic mass is 16.5. The summed E-state index contributed by atoms with van der Waals surface area (Å²) in [4.78, 5) is 11.1. The average molecular weight is 324 g/mol. The van der Waals surface area contributed by atoms with Crippen LogP contribution >= 0.6 is 0 Å². The predicted octanol–water partition coefficient (Wildman–Crippen LogP) is 3.31. The third-order valence-corrected chi connectivity index (χ3v) is 3.88. The van der Waals surface area contributed by atoms with Crippen molar-refractivity contribution in [1.29, 1.82) is 0 Å². The van der Waals surface area contributed by atoms with E-state index in [4.69, 9.17) is 15.2 Å². The van der Waals surface area contributed by atoms with Crippen LogP contribution in [0.15, 0.2) is 36.4 Å². The molecule has 0 amide bonds. The second kappa shape index (κ2) is 6.23. The van der Waals surface area contributed by atoms with E-state index in [1.807, 2.05) is 55.3 Å². The van der Waals surface area contributed by atoms with Crippen LogP contribution in [0.4, 0.5) is 17.2 Å². The van der Waals surface area contributed by atoms with Crippen molar-refractivity contribution in [3.05, 3.63) is 42.2 Å². The highest BCUT2D eigenvalue weighted by molar-refractivity contribution is 5.93. The van der Waals surface area contributed by atoms with Gasteiger partial charge in [0.1, 0.15) is 11.6 Å². The maximum absolute atomic E-state index is 5.94. The monoisotopic (exact) mass is 324 g/mol. The largest absolute Gasteiger partial charge is 0.493 e. The van der Waals surface area contributed by atoms with Crippen molar-refractivity contribution in [2.75, 3.05) is 31.9 Å². The van der Waals surface area contributed by atoms with E-state index in [1.54, 1.807) is 14.2 Å². The van der Waals surface area contributed by atoms with Crippen LogP contribution in [-0.4, -0.2) is 31.2 Å². The highest BCUT2D eigenvalue weighted by Crippen LogP contribution is 2.35. The Hall–Kier alpha value is -3.02. The van der Waals surface area contributed by atoms with Crippen LogP contribution in [0.25, 0.3) is 10.9 Å². The summed E-state index contributed by atoms with van der Waals surface area (Å²) in [7, 11) is 5.18. The van der Waals surface area contributed by atoms with E-state index in [9.17, 15) is 0 Å². The molecule has 0 unspecified atom stereocenters. The van der Waals surface area contributed by atoms with E-state index in [0.717, 1.165) is 22.4 Å². The van der Waals surface area contributed by atoms with Gasteiger partial charge in [-0.3, -0.25) is 0 Å². The molecular weight excluding hydrogens is 304 g/mol.